The Morgan fingerprint density at radius 1 is 0.871 bits per heavy atom. The first-order chi connectivity index (χ1) is 14.9. The van der Waals surface area contributed by atoms with Crippen molar-refractivity contribution in [2.75, 3.05) is 50.8 Å². The zero-order valence-corrected chi connectivity index (χ0v) is 18.9. The van der Waals surface area contributed by atoms with Crippen molar-refractivity contribution in [2.45, 2.75) is 19.5 Å². The van der Waals surface area contributed by atoms with Crippen LogP contribution < -0.4 is 0 Å². The second kappa shape index (κ2) is 9.51. The van der Waals surface area contributed by atoms with Gasteiger partial charge in [0.1, 0.15) is 6.04 Å². The number of carbonyl (C=O) groups excluding carboxylic acids is 1. The van der Waals surface area contributed by atoms with Crippen molar-refractivity contribution in [1.29, 1.82) is 0 Å². The first-order valence-corrected chi connectivity index (χ1v) is 12.8. The second-order valence-corrected chi connectivity index (χ2v) is 10.8. The largest absolute Gasteiger partial charge is 0.338 e. The summed E-state index contributed by atoms with van der Waals surface area (Å²) in [5.41, 5.74) is 3.57. The number of rotatable bonds is 5. The topological polar surface area (TPSA) is 60.9 Å². The molecule has 2 aliphatic rings. The zero-order valence-electron chi connectivity index (χ0n) is 18.1. The van der Waals surface area contributed by atoms with Crippen molar-refractivity contribution in [3.63, 3.8) is 0 Å². The number of hydrogen-bond acceptors (Lipinski definition) is 5. The Bertz CT molecular complexity index is 988. The van der Waals surface area contributed by atoms with E-state index in [1.807, 2.05) is 40.1 Å². The van der Waals surface area contributed by atoms with Gasteiger partial charge < -0.3 is 4.90 Å². The summed E-state index contributed by atoms with van der Waals surface area (Å²) in [5, 5.41) is 0. The number of nitrogens with zero attached hydrogens (tertiary/aromatic N) is 3. The molecule has 0 bridgehead atoms. The van der Waals surface area contributed by atoms with Crippen molar-refractivity contribution < 1.29 is 13.2 Å². The highest BCUT2D eigenvalue weighted by atomic mass is 32.2. The molecule has 0 radical (unpaired) electrons. The summed E-state index contributed by atoms with van der Waals surface area (Å²) < 4.78 is 23.8. The SMILES string of the molecule is Cc1ccccc1CN1CCN(C(=O)C(c2ccccc2)N2CCS(=O)(=O)CC2)CC1. The van der Waals surface area contributed by atoms with E-state index in [2.05, 4.69) is 36.1 Å². The quantitative estimate of drug-likeness (QED) is 0.711. The Kier molecular flexibility index (Phi) is 6.74. The van der Waals surface area contributed by atoms with Gasteiger partial charge in [-0.15, -0.1) is 0 Å². The van der Waals surface area contributed by atoms with Crippen LogP contribution in [0.15, 0.2) is 54.6 Å². The average molecular weight is 442 g/mol. The van der Waals surface area contributed by atoms with Crippen LogP contribution in [0.5, 0.6) is 0 Å². The number of amides is 1. The van der Waals surface area contributed by atoms with Gasteiger partial charge in [0.25, 0.3) is 0 Å². The third-order valence-corrected chi connectivity index (χ3v) is 8.04. The zero-order chi connectivity index (χ0) is 21.8. The van der Waals surface area contributed by atoms with E-state index in [1.165, 1.54) is 11.1 Å². The van der Waals surface area contributed by atoms with Gasteiger partial charge >= 0.3 is 0 Å². The third-order valence-electron chi connectivity index (χ3n) is 6.43. The maximum Gasteiger partial charge on any atom is 0.244 e. The summed E-state index contributed by atoms with van der Waals surface area (Å²) in [6, 6.07) is 17.8. The molecule has 0 N–H and O–H groups in total. The summed E-state index contributed by atoms with van der Waals surface area (Å²) in [6.07, 6.45) is 0. The van der Waals surface area contributed by atoms with Gasteiger partial charge in [-0.3, -0.25) is 14.6 Å². The molecule has 0 spiro atoms. The van der Waals surface area contributed by atoms with Crippen LogP contribution in [0.25, 0.3) is 0 Å². The molecule has 166 valence electrons. The lowest BCUT2D eigenvalue weighted by atomic mass is 10.0. The molecule has 0 saturated carbocycles. The lowest BCUT2D eigenvalue weighted by molar-refractivity contribution is -0.139. The smallest absolute Gasteiger partial charge is 0.244 e. The lowest BCUT2D eigenvalue weighted by Crippen LogP contribution is -2.53. The molecule has 6 nitrogen and oxygen atoms in total. The van der Waals surface area contributed by atoms with Gasteiger partial charge in [0, 0.05) is 45.8 Å². The van der Waals surface area contributed by atoms with E-state index in [1.54, 1.807) is 0 Å². The molecule has 31 heavy (non-hydrogen) atoms. The Morgan fingerprint density at radius 3 is 2.13 bits per heavy atom. The van der Waals surface area contributed by atoms with Crippen LogP contribution >= 0.6 is 0 Å². The number of carbonyl (C=O) groups is 1. The van der Waals surface area contributed by atoms with Crippen LogP contribution in [0.3, 0.4) is 0 Å². The number of aryl methyl sites for hydroxylation is 1. The Balaban J connectivity index is 1.44. The maximum atomic E-state index is 13.6. The molecular formula is C24H31N3O3S. The molecule has 2 heterocycles. The Morgan fingerprint density at radius 2 is 1.48 bits per heavy atom. The van der Waals surface area contributed by atoms with E-state index >= 15 is 0 Å². The molecule has 2 fully saturated rings. The molecule has 1 atom stereocenters. The van der Waals surface area contributed by atoms with Crippen LogP contribution in [0, 0.1) is 6.92 Å². The normalized spacial score (nSPS) is 21.0. The summed E-state index contributed by atoms with van der Waals surface area (Å²) in [4.78, 5) is 20.0. The van der Waals surface area contributed by atoms with Crippen molar-refractivity contribution in [2.24, 2.45) is 0 Å². The summed E-state index contributed by atoms with van der Waals surface area (Å²) in [7, 11) is -3.00. The van der Waals surface area contributed by atoms with Crippen molar-refractivity contribution >= 4 is 15.7 Å². The Labute approximate surface area is 185 Å². The molecule has 7 heteroatoms. The lowest BCUT2D eigenvalue weighted by Gasteiger charge is -2.40. The first-order valence-electron chi connectivity index (χ1n) is 11.0. The van der Waals surface area contributed by atoms with Gasteiger partial charge in [0.2, 0.25) is 5.91 Å². The molecule has 1 amide bonds. The minimum Gasteiger partial charge on any atom is -0.338 e. The van der Waals surface area contributed by atoms with Crippen molar-refractivity contribution in [3.8, 4) is 0 Å². The van der Waals surface area contributed by atoms with Crippen LogP contribution in [-0.4, -0.2) is 79.8 Å². The summed E-state index contributed by atoms with van der Waals surface area (Å²) in [5.74, 6) is 0.322. The molecule has 0 aromatic heterocycles. The van der Waals surface area contributed by atoms with Crippen LogP contribution in [0.1, 0.15) is 22.7 Å². The third kappa shape index (κ3) is 5.34. The standard InChI is InChI=1S/C24H31N3O3S/c1-20-7-5-6-10-22(20)19-25-11-13-27(14-12-25)24(28)23(21-8-3-2-4-9-21)26-15-17-31(29,30)18-16-26/h2-10,23H,11-19H2,1H3. The van der Waals surface area contributed by atoms with Gasteiger partial charge in [-0.05, 0) is 23.6 Å². The van der Waals surface area contributed by atoms with E-state index in [0.29, 0.717) is 26.2 Å². The predicted octanol–water partition coefficient (Wildman–Crippen LogP) is 2.11. The molecule has 2 saturated heterocycles. The number of piperazine rings is 1. The van der Waals surface area contributed by atoms with Crippen molar-refractivity contribution in [3.05, 3.63) is 71.3 Å². The molecular weight excluding hydrogens is 410 g/mol. The highest BCUT2D eigenvalue weighted by Crippen LogP contribution is 2.26. The number of benzene rings is 2. The molecule has 0 aliphatic carbocycles. The highest BCUT2D eigenvalue weighted by molar-refractivity contribution is 7.91. The van der Waals surface area contributed by atoms with Crippen LogP contribution in [0.2, 0.25) is 0 Å². The minimum atomic E-state index is -3.00. The van der Waals surface area contributed by atoms with Gasteiger partial charge in [-0.25, -0.2) is 8.42 Å². The second-order valence-electron chi connectivity index (χ2n) is 8.53. The van der Waals surface area contributed by atoms with Gasteiger partial charge in [-0.2, -0.15) is 0 Å². The first kappa shape index (κ1) is 22.0. The van der Waals surface area contributed by atoms with Gasteiger partial charge in [0.05, 0.1) is 11.5 Å². The van der Waals surface area contributed by atoms with E-state index in [9.17, 15) is 13.2 Å². The van der Waals surface area contributed by atoms with Crippen LogP contribution in [0.4, 0.5) is 0 Å². The van der Waals surface area contributed by atoms with Crippen molar-refractivity contribution in [1.82, 2.24) is 14.7 Å². The Hall–Kier alpha value is -2.22. The maximum absolute atomic E-state index is 13.6. The summed E-state index contributed by atoms with van der Waals surface area (Å²) in [6.45, 7) is 6.92. The monoisotopic (exact) mass is 441 g/mol. The van der Waals surface area contributed by atoms with Crippen LogP contribution in [-0.2, 0) is 21.2 Å². The van der Waals surface area contributed by atoms with Gasteiger partial charge in [-0.1, -0.05) is 54.6 Å². The molecule has 4 rings (SSSR count). The predicted molar refractivity (Wildman–Crippen MR) is 122 cm³/mol. The van der Waals surface area contributed by atoms with E-state index < -0.39 is 15.9 Å². The molecule has 1 unspecified atom stereocenters. The fraction of sp³-hybridized carbons (Fsp3) is 0.458. The molecule has 2 aromatic rings. The van der Waals surface area contributed by atoms with Gasteiger partial charge in [0.15, 0.2) is 9.84 Å². The molecule has 2 aromatic carbocycles. The van der Waals surface area contributed by atoms with E-state index in [4.69, 9.17) is 0 Å². The molecule has 2 aliphatic heterocycles. The fourth-order valence-electron chi connectivity index (χ4n) is 4.46. The minimum absolute atomic E-state index is 0.0843. The highest BCUT2D eigenvalue weighted by Gasteiger charge is 2.35. The number of sulfone groups is 1. The number of hydrogen-bond donors (Lipinski definition) is 0. The average Bonchev–Trinajstić information content (AvgIpc) is 2.78. The van der Waals surface area contributed by atoms with E-state index in [0.717, 1.165) is 25.2 Å². The fourth-order valence-corrected chi connectivity index (χ4v) is 5.69. The summed E-state index contributed by atoms with van der Waals surface area (Å²) >= 11 is 0. The van der Waals surface area contributed by atoms with E-state index in [-0.39, 0.29) is 17.4 Å².